The van der Waals surface area contributed by atoms with Gasteiger partial charge >= 0.3 is 0 Å². The van der Waals surface area contributed by atoms with Gasteiger partial charge in [0.2, 0.25) is 0 Å². The molecule has 8 heteroatoms. The van der Waals surface area contributed by atoms with Gasteiger partial charge in [-0.2, -0.15) is 0 Å². The van der Waals surface area contributed by atoms with Crippen molar-refractivity contribution >= 4 is 40.6 Å². The van der Waals surface area contributed by atoms with Gasteiger partial charge in [0.05, 0.1) is 17.0 Å². The molecule has 0 aromatic heterocycles. The zero-order valence-corrected chi connectivity index (χ0v) is 19.9. The number of methoxy groups -OCH3 is 1. The molecule has 0 atom stereocenters. The van der Waals surface area contributed by atoms with E-state index in [2.05, 4.69) is 0 Å². The second-order valence-electron chi connectivity index (χ2n) is 7.48. The van der Waals surface area contributed by atoms with Crippen molar-refractivity contribution in [2.45, 2.75) is 13.0 Å². The summed E-state index contributed by atoms with van der Waals surface area (Å²) < 4.78 is 25.0. The van der Waals surface area contributed by atoms with Crippen LogP contribution in [0.3, 0.4) is 0 Å². The lowest BCUT2D eigenvalue weighted by molar-refractivity contribution is -0.122. The van der Waals surface area contributed by atoms with Crippen LogP contribution in [0.25, 0.3) is 6.08 Å². The second-order valence-corrected chi connectivity index (χ2v) is 8.88. The molecule has 3 aromatic rings. The average Bonchev–Trinajstić information content (AvgIpc) is 3.10. The normalized spacial score (nSPS) is 14.7. The van der Waals surface area contributed by atoms with E-state index in [9.17, 15) is 14.0 Å². The maximum Gasteiger partial charge on any atom is 0.293 e. The highest BCUT2D eigenvalue weighted by molar-refractivity contribution is 8.18. The van der Waals surface area contributed by atoms with Gasteiger partial charge < -0.3 is 9.47 Å². The SMILES string of the molecule is COc1cc(/C=C2\SC(=O)N(CCc3ccccc3)C2=O)cc(Cl)c1OCc1ccccc1F. The minimum absolute atomic E-state index is 0.0254. The summed E-state index contributed by atoms with van der Waals surface area (Å²) in [5, 5.41) is -0.0691. The third kappa shape index (κ3) is 5.43. The standard InChI is InChI=1S/C26H21ClFNO4S/c1-32-22-14-18(13-20(27)24(22)33-16-19-9-5-6-10-21(19)28)15-23-25(30)29(26(31)34-23)12-11-17-7-3-2-4-8-17/h2-10,13-15H,11-12,16H2,1H3/b23-15-. The zero-order chi connectivity index (χ0) is 24.1. The van der Waals surface area contributed by atoms with Crippen LogP contribution in [0.5, 0.6) is 11.5 Å². The fourth-order valence-corrected chi connectivity index (χ4v) is 4.60. The number of nitrogens with zero attached hydrogens (tertiary/aromatic N) is 1. The Morgan fingerprint density at radius 3 is 2.53 bits per heavy atom. The molecule has 1 fully saturated rings. The molecular formula is C26H21ClFNO4S. The minimum Gasteiger partial charge on any atom is -0.493 e. The summed E-state index contributed by atoms with van der Waals surface area (Å²) in [5.74, 6) is -0.128. The molecule has 0 aliphatic carbocycles. The number of benzene rings is 3. The van der Waals surface area contributed by atoms with Crippen LogP contribution >= 0.6 is 23.4 Å². The Bertz CT molecular complexity index is 1250. The summed E-state index contributed by atoms with van der Waals surface area (Å²) in [6.45, 7) is 0.279. The Hall–Kier alpha value is -3.29. The highest BCUT2D eigenvalue weighted by atomic mass is 35.5. The zero-order valence-electron chi connectivity index (χ0n) is 18.3. The van der Waals surface area contributed by atoms with Gasteiger partial charge in [-0.15, -0.1) is 0 Å². The molecule has 1 aliphatic rings. The molecule has 0 bridgehead atoms. The van der Waals surface area contributed by atoms with E-state index >= 15 is 0 Å². The first-order valence-electron chi connectivity index (χ1n) is 10.5. The number of ether oxygens (including phenoxy) is 2. The summed E-state index contributed by atoms with van der Waals surface area (Å²) in [4.78, 5) is 26.8. The van der Waals surface area contributed by atoms with Crippen LogP contribution in [0.2, 0.25) is 5.02 Å². The lowest BCUT2D eigenvalue weighted by atomic mass is 10.1. The van der Waals surface area contributed by atoms with Crippen molar-refractivity contribution in [1.29, 1.82) is 0 Å². The molecule has 4 rings (SSSR count). The number of imide groups is 1. The van der Waals surface area contributed by atoms with Crippen LogP contribution in [0.1, 0.15) is 16.7 Å². The van der Waals surface area contributed by atoms with Gasteiger partial charge in [0.15, 0.2) is 11.5 Å². The Balaban J connectivity index is 1.50. The Morgan fingerprint density at radius 1 is 1.06 bits per heavy atom. The smallest absolute Gasteiger partial charge is 0.293 e. The first-order valence-corrected chi connectivity index (χ1v) is 11.7. The van der Waals surface area contributed by atoms with E-state index in [4.69, 9.17) is 21.1 Å². The van der Waals surface area contributed by atoms with Gasteiger partial charge in [0.25, 0.3) is 11.1 Å². The lowest BCUT2D eigenvalue weighted by Gasteiger charge is -2.14. The van der Waals surface area contributed by atoms with Crippen molar-refractivity contribution in [3.8, 4) is 11.5 Å². The van der Waals surface area contributed by atoms with Crippen LogP contribution < -0.4 is 9.47 Å². The molecule has 174 valence electrons. The predicted octanol–water partition coefficient (Wildman–Crippen LogP) is 6.35. The van der Waals surface area contributed by atoms with Gasteiger partial charge in [0.1, 0.15) is 12.4 Å². The van der Waals surface area contributed by atoms with E-state index in [1.165, 1.54) is 18.1 Å². The first-order chi connectivity index (χ1) is 16.5. The molecule has 3 aromatic carbocycles. The Morgan fingerprint density at radius 2 is 1.79 bits per heavy atom. The lowest BCUT2D eigenvalue weighted by Crippen LogP contribution is -2.30. The summed E-state index contributed by atoms with van der Waals surface area (Å²) in [7, 11) is 1.46. The van der Waals surface area contributed by atoms with Crippen LogP contribution in [0.15, 0.2) is 71.6 Å². The molecule has 0 spiro atoms. The molecule has 5 nitrogen and oxygen atoms in total. The van der Waals surface area contributed by atoms with Gasteiger partial charge in [-0.3, -0.25) is 14.5 Å². The highest BCUT2D eigenvalue weighted by Gasteiger charge is 2.34. The quantitative estimate of drug-likeness (QED) is 0.340. The number of carbonyl (C=O) groups excluding carboxylic acids is 2. The maximum atomic E-state index is 13.9. The molecule has 0 radical (unpaired) electrons. The fraction of sp³-hybridized carbons (Fsp3) is 0.154. The summed E-state index contributed by atoms with van der Waals surface area (Å²) >= 11 is 7.31. The van der Waals surface area contributed by atoms with Crippen molar-refractivity contribution in [1.82, 2.24) is 4.90 Å². The van der Waals surface area contributed by atoms with E-state index in [0.717, 1.165) is 17.3 Å². The number of hydrogen-bond donors (Lipinski definition) is 0. The summed E-state index contributed by atoms with van der Waals surface area (Å²) in [5.41, 5.74) is 2.01. The largest absolute Gasteiger partial charge is 0.493 e. The van der Waals surface area contributed by atoms with Crippen molar-refractivity contribution in [2.24, 2.45) is 0 Å². The van der Waals surface area contributed by atoms with Gasteiger partial charge in [-0.1, -0.05) is 60.1 Å². The van der Waals surface area contributed by atoms with Crippen molar-refractivity contribution < 1.29 is 23.5 Å². The predicted molar refractivity (Wildman–Crippen MR) is 132 cm³/mol. The third-order valence-electron chi connectivity index (χ3n) is 5.22. The van der Waals surface area contributed by atoms with Crippen LogP contribution in [0.4, 0.5) is 9.18 Å². The minimum atomic E-state index is -0.378. The van der Waals surface area contributed by atoms with Gasteiger partial charge in [0, 0.05) is 12.1 Å². The molecule has 2 amide bonds. The van der Waals surface area contributed by atoms with Crippen LogP contribution in [-0.2, 0) is 17.8 Å². The number of amides is 2. The molecule has 0 saturated carbocycles. The molecule has 34 heavy (non-hydrogen) atoms. The highest BCUT2D eigenvalue weighted by Crippen LogP contribution is 2.39. The Labute approximate surface area is 206 Å². The van der Waals surface area contributed by atoms with Gasteiger partial charge in [-0.25, -0.2) is 4.39 Å². The number of hydrogen-bond acceptors (Lipinski definition) is 5. The molecule has 1 saturated heterocycles. The maximum absolute atomic E-state index is 13.9. The third-order valence-corrected chi connectivity index (χ3v) is 6.41. The van der Waals surface area contributed by atoms with E-state index in [-0.39, 0.29) is 34.3 Å². The summed E-state index contributed by atoms with van der Waals surface area (Å²) in [6.07, 6.45) is 2.18. The van der Waals surface area contributed by atoms with E-state index in [0.29, 0.717) is 34.7 Å². The van der Waals surface area contributed by atoms with Crippen molar-refractivity contribution in [3.05, 3.63) is 99.2 Å². The fourth-order valence-electron chi connectivity index (χ4n) is 3.46. The first kappa shape index (κ1) is 23.9. The van der Waals surface area contributed by atoms with E-state index in [1.54, 1.807) is 36.4 Å². The molecule has 0 N–H and O–H groups in total. The summed E-state index contributed by atoms with van der Waals surface area (Å²) in [6, 6.07) is 19.2. The number of thioether (sulfide) groups is 1. The number of rotatable bonds is 8. The monoisotopic (exact) mass is 497 g/mol. The number of carbonyl (C=O) groups is 2. The second kappa shape index (κ2) is 10.8. The van der Waals surface area contributed by atoms with Crippen molar-refractivity contribution in [2.75, 3.05) is 13.7 Å². The van der Waals surface area contributed by atoms with E-state index in [1.807, 2.05) is 30.3 Å². The molecule has 1 heterocycles. The van der Waals surface area contributed by atoms with Crippen molar-refractivity contribution in [3.63, 3.8) is 0 Å². The average molecular weight is 498 g/mol. The van der Waals surface area contributed by atoms with E-state index < -0.39 is 0 Å². The van der Waals surface area contributed by atoms with Crippen LogP contribution in [-0.4, -0.2) is 29.7 Å². The molecule has 0 unspecified atom stereocenters. The topological polar surface area (TPSA) is 55.8 Å². The van der Waals surface area contributed by atoms with Crippen LogP contribution in [0, 0.1) is 5.82 Å². The number of halogens is 2. The Kier molecular flexibility index (Phi) is 7.55. The molecule has 1 aliphatic heterocycles. The van der Waals surface area contributed by atoms with Gasteiger partial charge in [-0.05, 0) is 53.6 Å². The molecular weight excluding hydrogens is 477 g/mol.